The summed E-state index contributed by atoms with van der Waals surface area (Å²) >= 11 is 0. The Labute approximate surface area is 76.3 Å². The molecule has 1 aromatic carbocycles. The number of benzene rings is 1. The van der Waals surface area contributed by atoms with Gasteiger partial charge in [0.2, 0.25) is 0 Å². The van der Waals surface area contributed by atoms with E-state index in [1.165, 1.54) is 0 Å². The Morgan fingerprint density at radius 3 is 1.42 bits per heavy atom. The standard InChI is InChI=1S/C10H10.2CH4/c1-3-9-7-5-6-8-10(9)4-2;;/h3-8H,1-2H2;2*1H4. The second-order valence-corrected chi connectivity index (χ2v) is 2.04. The molecule has 12 heavy (non-hydrogen) atoms. The number of hydrogen-bond acceptors (Lipinski definition) is 0. The minimum absolute atomic E-state index is 0. The quantitative estimate of drug-likeness (QED) is 0.610. The van der Waals surface area contributed by atoms with Gasteiger partial charge in [-0.05, 0) is 11.1 Å². The van der Waals surface area contributed by atoms with Gasteiger partial charge in [0.25, 0.3) is 0 Å². The van der Waals surface area contributed by atoms with E-state index in [0.29, 0.717) is 0 Å². The molecule has 0 atom stereocenters. The van der Waals surface area contributed by atoms with E-state index in [1.54, 1.807) is 0 Å². The Bertz CT molecular complexity index is 219. The molecule has 0 aromatic heterocycles. The van der Waals surface area contributed by atoms with Crippen LogP contribution in [0.5, 0.6) is 0 Å². The van der Waals surface area contributed by atoms with Gasteiger partial charge >= 0.3 is 0 Å². The molecule has 0 unspecified atom stereocenters. The van der Waals surface area contributed by atoms with E-state index in [2.05, 4.69) is 13.2 Å². The topological polar surface area (TPSA) is 0 Å². The van der Waals surface area contributed by atoms with E-state index >= 15 is 0 Å². The van der Waals surface area contributed by atoms with Crippen molar-refractivity contribution in [1.82, 2.24) is 0 Å². The highest BCUT2D eigenvalue weighted by molar-refractivity contribution is 5.63. The summed E-state index contributed by atoms with van der Waals surface area (Å²) in [7, 11) is 0. The van der Waals surface area contributed by atoms with Crippen molar-refractivity contribution < 1.29 is 0 Å². The highest BCUT2D eigenvalue weighted by Gasteiger charge is 1.89. The third-order valence-corrected chi connectivity index (χ3v) is 1.44. The maximum Gasteiger partial charge on any atom is -0.0190 e. The lowest BCUT2D eigenvalue weighted by molar-refractivity contribution is 1.62. The average Bonchev–Trinajstić information content (AvgIpc) is 2.04. The molecule has 0 N–H and O–H groups in total. The molecule has 0 aliphatic rings. The summed E-state index contributed by atoms with van der Waals surface area (Å²) in [5.41, 5.74) is 2.27. The molecule has 0 heterocycles. The van der Waals surface area contributed by atoms with Crippen LogP contribution in [0.15, 0.2) is 37.4 Å². The molecular formula is C12H18. The fraction of sp³-hybridized carbons (Fsp3) is 0.167. The molecule has 66 valence electrons. The van der Waals surface area contributed by atoms with Crippen molar-refractivity contribution in [1.29, 1.82) is 0 Å². The lowest BCUT2D eigenvalue weighted by atomic mass is 10.1. The molecular weight excluding hydrogens is 144 g/mol. The maximum absolute atomic E-state index is 3.69. The van der Waals surface area contributed by atoms with E-state index in [1.807, 2.05) is 36.4 Å². The van der Waals surface area contributed by atoms with Gasteiger partial charge in [-0.15, -0.1) is 0 Å². The van der Waals surface area contributed by atoms with Crippen LogP contribution in [-0.2, 0) is 0 Å². The Hall–Kier alpha value is -1.30. The largest absolute Gasteiger partial charge is 0.0984 e. The first-order valence-electron chi connectivity index (χ1n) is 3.22. The molecule has 0 saturated carbocycles. The average molecular weight is 162 g/mol. The molecule has 0 bridgehead atoms. The normalized spacial score (nSPS) is 7.33. The second-order valence-electron chi connectivity index (χ2n) is 2.04. The molecule has 0 amide bonds. The zero-order valence-electron chi connectivity index (χ0n) is 5.88. The third kappa shape index (κ3) is 2.75. The van der Waals surface area contributed by atoms with Gasteiger partial charge in [0.15, 0.2) is 0 Å². The first-order chi connectivity index (χ1) is 4.88. The Morgan fingerprint density at radius 1 is 0.833 bits per heavy atom. The SMILES string of the molecule is C.C.C=Cc1ccccc1C=C. The predicted octanol–water partition coefficient (Wildman–Crippen LogP) is 4.24. The van der Waals surface area contributed by atoms with Gasteiger partial charge in [-0.2, -0.15) is 0 Å². The van der Waals surface area contributed by atoms with Gasteiger partial charge in [-0.1, -0.05) is 64.4 Å². The van der Waals surface area contributed by atoms with Crippen molar-refractivity contribution in [3.63, 3.8) is 0 Å². The molecule has 1 rings (SSSR count). The smallest absolute Gasteiger partial charge is 0.0190 e. The van der Waals surface area contributed by atoms with Crippen LogP contribution in [0.1, 0.15) is 26.0 Å². The van der Waals surface area contributed by atoms with Crippen molar-refractivity contribution >= 4 is 12.2 Å². The minimum Gasteiger partial charge on any atom is -0.0984 e. The summed E-state index contributed by atoms with van der Waals surface area (Å²) in [6.45, 7) is 7.38. The summed E-state index contributed by atoms with van der Waals surface area (Å²) in [6.07, 6.45) is 3.66. The van der Waals surface area contributed by atoms with E-state index in [0.717, 1.165) is 11.1 Å². The van der Waals surface area contributed by atoms with Gasteiger partial charge in [0, 0.05) is 0 Å². The fourth-order valence-electron chi connectivity index (χ4n) is 0.883. The van der Waals surface area contributed by atoms with Gasteiger partial charge < -0.3 is 0 Å². The molecule has 0 saturated heterocycles. The molecule has 0 aliphatic heterocycles. The van der Waals surface area contributed by atoms with Crippen LogP contribution in [0.2, 0.25) is 0 Å². The lowest BCUT2D eigenvalue weighted by Gasteiger charge is -1.96. The monoisotopic (exact) mass is 162 g/mol. The molecule has 0 nitrogen and oxygen atoms in total. The molecule has 0 fully saturated rings. The summed E-state index contributed by atoms with van der Waals surface area (Å²) in [6, 6.07) is 8.02. The van der Waals surface area contributed by atoms with Crippen LogP contribution in [-0.4, -0.2) is 0 Å². The lowest BCUT2D eigenvalue weighted by Crippen LogP contribution is -1.76. The summed E-state index contributed by atoms with van der Waals surface area (Å²) in [4.78, 5) is 0. The zero-order valence-corrected chi connectivity index (χ0v) is 5.88. The fourth-order valence-corrected chi connectivity index (χ4v) is 0.883. The summed E-state index contributed by atoms with van der Waals surface area (Å²) in [5.74, 6) is 0. The van der Waals surface area contributed by atoms with Crippen molar-refractivity contribution in [2.75, 3.05) is 0 Å². The highest BCUT2D eigenvalue weighted by Crippen LogP contribution is 2.10. The van der Waals surface area contributed by atoms with E-state index in [4.69, 9.17) is 0 Å². The van der Waals surface area contributed by atoms with Crippen LogP contribution in [0.3, 0.4) is 0 Å². The Balaban J connectivity index is 0. The van der Waals surface area contributed by atoms with Crippen LogP contribution < -0.4 is 0 Å². The maximum atomic E-state index is 3.69. The summed E-state index contributed by atoms with van der Waals surface area (Å²) in [5, 5.41) is 0. The van der Waals surface area contributed by atoms with Crippen LogP contribution in [0, 0.1) is 0 Å². The predicted molar refractivity (Wildman–Crippen MR) is 60.1 cm³/mol. The van der Waals surface area contributed by atoms with E-state index in [9.17, 15) is 0 Å². The summed E-state index contributed by atoms with van der Waals surface area (Å²) < 4.78 is 0. The molecule has 1 aromatic rings. The second kappa shape index (κ2) is 6.41. The van der Waals surface area contributed by atoms with Crippen molar-refractivity contribution in [3.05, 3.63) is 48.6 Å². The number of rotatable bonds is 2. The van der Waals surface area contributed by atoms with Gasteiger partial charge in [0.1, 0.15) is 0 Å². The molecule has 0 radical (unpaired) electrons. The first-order valence-corrected chi connectivity index (χ1v) is 3.22. The van der Waals surface area contributed by atoms with Gasteiger partial charge in [-0.25, -0.2) is 0 Å². The zero-order chi connectivity index (χ0) is 7.40. The Morgan fingerprint density at radius 2 is 1.17 bits per heavy atom. The van der Waals surface area contributed by atoms with Gasteiger partial charge in [-0.3, -0.25) is 0 Å². The van der Waals surface area contributed by atoms with E-state index < -0.39 is 0 Å². The molecule has 0 aliphatic carbocycles. The van der Waals surface area contributed by atoms with E-state index in [-0.39, 0.29) is 14.9 Å². The third-order valence-electron chi connectivity index (χ3n) is 1.44. The van der Waals surface area contributed by atoms with Crippen LogP contribution in [0.25, 0.3) is 12.2 Å². The molecule has 0 spiro atoms. The van der Waals surface area contributed by atoms with Crippen molar-refractivity contribution in [2.45, 2.75) is 14.9 Å². The van der Waals surface area contributed by atoms with Crippen LogP contribution >= 0.6 is 0 Å². The van der Waals surface area contributed by atoms with Gasteiger partial charge in [0.05, 0.1) is 0 Å². The van der Waals surface area contributed by atoms with Crippen LogP contribution in [0.4, 0.5) is 0 Å². The van der Waals surface area contributed by atoms with Crippen molar-refractivity contribution in [3.8, 4) is 0 Å². The molecule has 0 heteroatoms. The van der Waals surface area contributed by atoms with Crippen molar-refractivity contribution in [2.24, 2.45) is 0 Å². The first kappa shape index (κ1) is 13.3. The highest BCUT2D eigenvalue weighted by atomic mass is 13.9. The minimum atomic E-state index is 0. The Kier molecular flexibility index (Phi) is 7.11. The number of hydrogen-bond donors (Lipinski definition) is 0.